The molecule has 0 fully saturated rings. The average Bonchev–Trinajstić information content (AvgIpc) is 2.73. The van der Waals surface area contributed by atoms with Gasteiger partial charge in [-0.3, -0.25) is 13.9 Å². The predicted octanol–water partition coefficient (Wildman–Crippen LogP) is 3.44. The van der Waals surface area contributed by atoms with Crippen molar-refractivity contribution in [2.24, 2.45) is 0 Å². The third-order valence-corrected chi connectivity index (χ3v) is 6.80. The van der Waals surface area contributed by atoms with E-state index in [1.54, 1.807) is 19.1 Å². The van der Waals surface area contributed by atoms with Gasteiger partial charge in [0.2, 0.25) is 21.8 Å². The van der Waals surface area contributed by atoms with Crippen molar-refractivity contribution in [1.82, 2.24) is 10.2 Å². The highest BCUT2D eigenvalue weighted by atomic mass is 32.2. The Balaban J connectivity index is 2.37. The molecule has 2 amide bonds. The van der Waals surface area contributed by atoms with Crippen LogP contribution in [-0.4, -0.2) is 56.1 Å². The molecule has 7 nitrogen and oxygen atoms in total. The summed E-state index contributed by atoms with van der Waals surface area (Å²) in [7, 11) is -3.74. The molecule has 8 heteroatoms. The molecule has 0 saturated carbocycles. The highest BCUT2D eigenvalue weighted by molar-refractivity contribution is 7.92. The lowest BCUT2D eigenvalue weighted by atomic mass is 10.1. The maximum absolute atomic E-state index is 13.5. The van der Waals surface area contributed by atoms with Crippen molar-refractivity contribution in [3.8, 4) is 0 Å². The summed E-state index contributed by atoms with van der Waals surface area (Å²) in [5.41, 5.74) is 2.74. The van der Waals surface area contributed by atoms with Crippen LogP contribution in [0.25, 0.3) is 0 Å². The Labute approximate surface area is 204 Å². The van der Waals surface area contributed by atoms with Crippen LogP contribution in [0.1, 0.15) is 44.4 Å². The Kier molecular flexibility index (Phi) is 8.89. The Morgan fingerprint density at radius 3 is 2.18 bits per heavy atom. The van der Waals surface area contributed by atoms with Gasteiger partial charge in [0.15, 0.2) is 0 Å². The summed E-state index contributed by atoms with van der Waals surface area (Å²) < 4.78 is 26.5. The molecule has 0 unspecified atom stereocenters. The van der Waals surface area contributed by atoms with Gasteiger partial charge in [0.1, 0.15) is 12.6 Å². The number of rotatable bonds is 9. The van der Waals surface area contributed by atoms with Crippen LogP contribution in [0.15, 0.2) is 48.5 Å². The molecule has 34 heavy (non-hydrogen) atoms. The molecule has 2 aromatic rings. The van der Waals surface area contributed by atoms with Gasteiger partial charge in [0.25, 0.3) is 0 Å². The number of amides is 2. The van der Waals surface area contributed by atoms with E-state index < -0.39 is 27.5 Å². The molecule has 186 valence electrons. The largest absolute Gasteiger partial charge is 0.350 e. The lowest BCUT2D eigenvalue weighted by Gasteiger charge is -2.33. The first kappa shape index (κ1) is 27.4. The standard InChI is InChI=1S/C26H37N3O4S/c1-19-12-11-15-23(20(19)2)29(34(7,32)33)18-24(30)28(17-16-22-13-9-8-10-14-22)21(3)25(31)27-26(4,5)6/h8-15,21H,16-18H2,1-7H3,(H,27,31)/t21-/m1/s1. The zero-order valence-corrected chi connectivity index (χ0v) is 22.1. The molecule has 1 atom stereocenters. The number of hydrogen-bond donors (Lipinski definition) is 1. The SMILES string of the molecule is Cc1cccc(N(CC(=O)N(CCc2ccccc2)[C@H](C)C(=O)NC(C)(C)C)S(C)(=O)=O)c1C. The van der Waals surface area contributed by atoms with E-state index >= 15 is 0 Å². The maximum Gasteiger partial charge on any atom is 0.244 e. The Bertz CT molecular complexity index is 1110. The smallest absolute Gasteiger partial charge is 0.244 e. The van der Waals surface area contributed by atoms with E-state index in [9.17, 15) is 18.0 Å². The highest BCUT2D eigenvalue weighted by Crippen LogP contribution is 2.25. The van der Waals surface area contributed by atoms with Gasteiger partial charge >= 0.3 is 0 Å². The van der Waals surface area contributed by atoms with Crippen molar-refractivity contribution < 1.29 is 18.0 Å². The topological polar surface area (TPSA) is 86.8 Å². The number of benzene rings is 2. The third kappa shape index (κ3) is 7.58. The molecule has 0 saturated heterocycles. The van der Waals surface area contributed by atoms with Gasteiger partial charge in [-0.25, -0.2) is 8.42 Å². The number of anilines is 1. The quantitative estimate of drug-likeness (QED) is 0.587. The van der Waals surface area contributed by atoms with Crippen LogP contribution >= 0.6 is 0 Å². The van der Waals surface area contributed by atoms with Crippen LogP contribution in [0, 0.1) is 13.8 Å². The lowest BCUT2D eigenvalue weighted by Crippen LogP contribution is -2.55. The second kappa shape index (κ2) is 11.0. The molecule has 0 aliphatic heterocycles. The molecular weight excluding hydrogens is 450 g/mol. The number of aryl methyl sites for hydroxylation is 1. The Hall–Kier alpha value is -2.87. The molecular formula is C26H37N3O4S. The Morgan fingerprint density at radius 2 is 1.62 bits per heavy atom. The summed E-state index contributed by atoms with van der Waals surface area (Å²) in [5, 5.41) is 2.92. The van der Waals surface area contributed by atoms with Crippen LogP contribution in [-0.2, 0) is 26.0 Å². The number of sulfonamides is 1. The van der Waals surface area contributed by atoms with Crippen LogP contribution in [0.5, 0.6) is 0 Å². The van der Waals surface area contributed by atoms with Crippen molar-refractivity contribution in [2.45, 2.75) is 59.5 Å². The molecule has 0 spiro atoms. The minimum absolute atomic E-state index is 0.284. The average molecular weight is 488 g/mol. The normalized spacial score (nSPS) is 12.7. The number of nitrogens with one attached hydrogen (secondary N) is 1. The molecule has 0 bridgehead atoms. The molecule has 0 aliphatic rings. The predicted molar refractivity (Wildman–Crippen MR) is 137 cm³/mol. The van der Waals surface area contributed by atoms with E-state index in [0.717, 1.165) is 27.3 Å². The monoisotopic (exact) mass is 487 g/mol. The molecule has 0 aromatic heterocycles. The van der Waals surface area contributed by atoms with E-state index in [4.69, 9.17) is 0 Å². The molecule has 0 heterocycles. The fourth-order valence-electron chi connectivity index (χ4n) is 3.64. The number of nitrogens with zero attached hydrogens (tertiary/aromatic N) is 2. The summed E-state index contributed by atoms with van der Waals surface area (Å²) >= 11 is 0. The van der Waals surface area contributed by atoms with Gasteiger partial charge in [-0.15, -0.1) is 0 Å². The fourth-order valence-corrected chi connectivity index (χ4v) is 4.54. The Morgan fingerprint density at radius 1 is 1.00 bits per heavy atom. The third-order valence-electron chi connectivity index (χ3n) is 5.67. The fraction of sp³-hybridized carbons (Fsp3) is 0.462. The van der Waals surface area contributed by atoms with Gasteiger partial charge in [0.05, 0.1) is 11.9 Å². The molecule has 1 N–H and O–H groups in total. The summed E-state index contributed by atoms with van der Waals surface area (Å²) in [4.78, 5) is 27.9. The summed E-state index contributed by atoms with van der Waals surface area (Å²) in [6.07, 6.45) is 1.63. The number of hydrogen-bond acceptors (Lipinski definition) is 4. The molecule has 2 aromatic carbocycles. The van der Waals surface area contributed by atoms with Gasteiger partial charge in [-0.05, 0) is 70.7 Å². The van der Waals surface area contributed by atoms with Crippen molar-refractivity contribution in [1.29, 1.82) is 0 Å². The van der Waals surface area contributed by atoms with E-state index in [0.29, 0.717) is 12.1 Å². The van der Waals surface area contributed by atoms with Crippen LogP contribution in [0.3, 0.4) is 0 Å². The molecule has 0 radical (unpaired) electrons. The summed E-state index contributed by atoms with van der Waals surface area (Å²) in [6.45, 7) is 10.9. The van der Waals surface area contributed by atoms with Gasteiger partial charge in [0, 0.05) is 12.1 Å². The van der Waals surface area contributed by atoms with E-state index in [1.807, 2.05) is 71.0 Å². The minimum Gasteiger partial charge on any atom is -0.350 e. The minimum atomic E-state index is -3.74. The van der Waals surface area contributed by atoms with Gasteiger partial charge < -0.3 is 10.2 Å². The zero-order valence-electron chi connectivity index (χ0n) is 21.3. The van der Waals surface area contributed by atoms with Gasteiger partial charge in [-0.2, -0.15) is 0 Å². The van der Waals surface area contributed by atoms with Crippen LogP contribution < -0.4 is 9.62 Å². The first-order chi connectivity index (χ1) is 15.7. The van der Waals surface area contributed by atoms with E-state index in [2.05, 4.69) is 5.32 Å². The van der Waals surface area contributed by atoms with E-state index in [1.165, 1.54) is 4.90 Å². The van der Waals surface area contributed by atoms with E-state index in [-0.39, 0.29) is 19.0 Å². The van der Waals surface area contributed by atoms with Crippen LogP contribution in [0.2, 0.25) is 0 Å². The number of carbonyl (C=O) groups is 2. The zero-order chi connectivity index (χ0) is 25.7. The first-order valence-electron chi connectivity index (χ1n) is 11.4. The summed E-state index contributed by atoms with van der Waals surface area (Å²) in [5.74, 6) is -0.717. The first-order valence-corrected chi connectivity index (χ1v) is 13.2. The maximum atomic E-state index is 13.5. The van der Waals surface area contributed by atoms with Gasteiger partial charge in [-0.1, -0.05) is 42.5 Å². The summed E-state index contributed by atoms with van der Waals surface area (Å²) in [6, 6.07) is 14.3. The van der Waals surface area contributed by atoms with Crippen molar-refractivity contribution in [3.63, 3.8) is 0 Å². The van der Waals surface area contributed by atoms with Crippen molar-refractivity contribution >= 4 is 27.5 Å². The molecule has 0 aliphatic carbocycles. The lowest BCUT2D eigenvalue weighted by molar-refractivity contribution is -0.139. The van der Waals surface area contributed by atoms with Crippen molar-refractivity contribution in [2.75, 3.05) is 23.7 Å². The van der Waals surface area contributed by atoms with Crippen molar-refractivity contribution in [3.05, 3.63) is 65.2 Å². The molecule has 2 rings (SSSR count). The number of carbonyl (C=O) groups excluding carboxylic acids is 2. The second-order valence-electron chi connectivity index (χ2n) is 9.73. The second-order valence-corrected chi connectivity index (χ2v) is 11.6. The van der Waals surface area contributed by atoms with Crippen LogP contribution in [0.4, 0.5) is 5.69 Å². The highest BCUT2D eigenvalue weighted by Gasteiger charge is 2.31.